The van der Waals surface area contributed by atoms with E-state index in [0.29, 0.717) is 32.7 Å². The van der Waals surface area contributed by atoms with Gasteiger partial charge in [-0.2, -0.15) is 13.2 Å². The Balaban J connectivity index is 1.61. The lowest BCUT2D eigenvalue weighted by atomic mass is 10.0. The second kappa shape index (κ2) is 6.96. The van der Waals surface area contributed by atoms with Crippen molar-refractivity contribution in [1.29, 1.82) is 0 Å². The fraction of sp³-hybridized carbons (Fsp3) is 0.471. The zero-order valence-corrected chi connectivity index (χ0v) is 13.9. The molecular formula is C17H17F3N4O2. The number of nitrogens with zero attached hydrogens (tertiary/aromatic N) is 4. The first-order valence-corrected chi connectivity index (χ1v) is 8.04. The van der Waals surface area contributed by atoms with E-state index in [1.54, 1.807) is 4.90 Å². The zero-order valence-electron chi connectivity index (χ0n) is 13.9. The zero-order chi connectivity index (χ0) is 18.8. The Morgan fingerprint density at radius 1 is 1.23 bits per heavy atom. The number of piperazine rings is 1. The lowest BCUT2D eigenvalue weighted by molar-refractivity contribution is -0.166. The van der Waals surface area contributed by atoms with Crippen LogP contribution >= 0.6 is 0 Å². The first-order valence-electron chi connectivity index (χ1n) is 8.04. The van der Waals surface area contributed by atoms with Crippen LogP contribution in [0.1, 0.15) is 5.56 Å². The molecule has 0 aliphatic carbocycles. The summed E-state index contributed by atoms with van der Waals surface area (Å²) in [5.41, 5.74) is -2.79. The second-order valence-electron chi connectivity index (χ2n) is 6.02. The number of hydrogen-bond donors (Lipinski definition) is 0. The molecule has 1 saturated heterocycles. The van der Waals surface area contributed by atoms with Crippen molar-refractivity contribution in [3.05, 3.63) is 29.8 Å². The van der Waals surface area contributed by atoms with Gasteiger partial charge in [0, 0.05) is 26.2 Å². The molecule has 1 aromatic carbocycles. The molecule has 26 heavy (non-hydrogen) atoms. The van der Waals surface area contributed by atoms with Crippen LogP contribution in [0.25, 0.3) is 0 Å². The number of halogens is 3. The van der Waals surface area contributed by atoms with E-state index >= 15 is 0 Å². The number of terminal acetylenes is 1. The Labute approximate surface area is 148 Å². The third-order valence-corrected chi connectivity index (χ3v) is 4.35. The summed E-state index contributed by atoms with van der Waals surface area (Å²) in [6, 6.07) is 5.62. The molecule has 0 N–H and O–H groups in total. The number of carbonyl (C=O) groups excluding carboxylic acids is 1. The summed E-state index contributed by atoms with van der Waals surface area (Å²) in [5.74, 6) is 2.22. The van der Waals surface area contributed by atoms with Crippen LogP contribution in [-0.2, 0) is 10.5 Å². The number of alkyl halides is 3. The van der Waals surface area contributed by atoms with Crippen LogP contribution in [0.2, 0.25) is 0 Å². The minimum atomic E-state index is -4.65. The Bertz CT molecular complexity index is 743. The maximum Gasteiger partial charge on any atom is 0.442 e. The topological polar surface area (TPSA) is 57.5 Å². The Hall–Kier alpha value is -2.60. The number of amides is 1. The van der Waals surface area contributed by atoms with Crippen molar-refractivity contribution in [3.63, 3.8) is 0 Å². The fourth-order valence-corrected chi connectivity index (χ4v) is 2.82. The van der Waals surface area contributed by atoms with E-state index in [0.717, 1.165) is 0 Å². The van der Waals surface area contributed by atoms with E-state index in [9.17, 15) is 18.0 Å². The molecule has 1 fully saturated rings. The molecular weight excluding hydrogens is 349 g/mol. The van der Waals surface area contributed by atoms with Gasteiger partial charge < -0.3 is 9.64 Å². The lowest BCUT2D eigenvalue weighted by Gasteiger charge is -2.33. The van der Waals surface area contributed by atoms with Gasteiger partial charge in [0.25, 0.3) is 5.91 Å². The van der Waals surface area contributed by atoms with E-state index in [1.165, 1.54) is 24.3 Å². The van der Waals surface area contributed by atoms with E-state index in [1.807, 2.05) is 4.90 Å². The maximum absolute atomic E-state index is 13.2. The van der Waals surface area contributed by atoms with E-state index in [-0.39, 0.29) is 23.8 Å². The summed E-state index contributed by atoms with van der Waals surface area (Å²) >= 11 is 0. The number of para-hydroxylation sites is 1. The normalized spacial score (nSPS) is 19.1. The molecule has 0 saturated carbocycles. The van der Waals surface area contributed by atoms with Gasteiger partial charge in [-0.1, -0.05) is 24.1 Å². The molecule has 2 aliphatic heterocycles. The van der Waals surface area contributed by atoms with Gasteiger partial charge in [0.05, 0.1) is 12.1 Å². The highest BCUT2D eigenvalue weighted by atomic mass is 19.4. The SMILES string of the molecule is C#CCN1CCN(C(=O)COc2ccccc2C2(C(F)(F)F)N=N2)CC1. The van der Waals surface area contributed by atoms with Crippen LogP contribution in [0, 0.1) is 12.3 Å². The molecule has 6 nitrogen and oxygen atoms in total. The predicted molar refractivity (Wildman–Crippen MR) is 86.4 cm³/mol. The van der Waals surface area contributed by atoms with Crippen molar-refractivity contribution in [2.24, 2.45) is 10.2 Å². The molecule has 9 heteroatoms. The van der Waals surface area contributed by atoms with Gasteiger partial charge in [-0.25, -0.2) is 0 Å². The maximum atomic E-state index is 13.2. The van der Waals surface area contributed by atoms with Crippen LogP contribution in [0.15, 0.2) is 34.5 Å². The molecule has 2 aliphatic rings. The monoisotopic (exact) mass is 366 g/mol. The van der Waals surface area contributed by atoms with Crippen molar-refractivity contribution in [2.75, 3.05) is 39.3 Å². The average Bonchev–Trinajstić information content (AvgIpc) is 3.43. The van der Waals surface area contributed by atoms with Crippen molar-refractivity contribution in [1.82, 2.24) is 9.80 Å². The lowest BCUT2D eigenvalue weighted by Crippen LogP contribution is -2.49. The molecule has 0 bridgehead atoms. The predicted octanol–water partition coefficient (Wildman–Crippen LogP) is 2.02. The summed E-state index contributed by atoms with van der Waals surface area (Å²) in [4.78, 5) is 15.9. The van der Waals surface area contributed by atoms with E-state index in [2.05, 4.69) is 16.1 Å². The number of carbonyl (C=O) groups is 1. The molecule has 0 radical (unpaired) electrons. The Morgan fingerprint density at radius 2 is 1.88 bits per heavy atom. The van der Waals surface area contributed by atoms with Gasteiger partial charge in [0.1, 0.15) is 5.75 Å². The molecule has 0 unspecified atom stereocenters. The van der Waals surface area contributed by atoms with Crippen LogP contribution in [0.4, 0.5) is 13.2 Å². The highest BCUT2D eigenvalue weighted by molar-refractivity contribution is 5.78. The summed E-state index contributed by atoms with van der Waals surface area (Å²) in [5, 5.41) is 6.36. The van der Waals surface area contributed by atoms with Gasteiger partial charge in [0.15, 0.2) is 6.61 Å². The number of ether oxygens (including phenoxy) is 1. The van der Waals surface area contributed by atoms with Crippen molar-refractivity contribution in [3.8, 4) is 18.1 Å². The second-order valence-corrected chi connectivity index (χ2v) is 6.02. The van der Waals surface area contributed by atoms with Gasteiger partial charge in [-0.3, -0.25) is 9.69 Å². The number of hydrogen-bond acceptors (Lipinski definition) is 5. The third kappa shape index (κ3) is 3.51. The smallest absolute Gasteiger partial charge is 0.442 e. The first kappa shape index (κ1) is 18.2. The summed E-state index contributed by atoms with van der Waals surface area (Å²) in [6.45, 7) is 2.49. The summed E-state index contributed by atoms with van der Waals surface area (Å²) < 4.78 is 45.0. The molecule has 0 aromatic heterocycles. The fourth-order valence-electron chi connectivity index (χ4n) is 2.82. The van der Waals surface area contributed by atoms with Gasteiger partial charge in [-0.15, -0.1) is 16.7 Å². The molecule has 1 amide bonds. The molecule has 1 aromatic rings. The van der Waals surface area contributed by atoms with E-state index in [4.69, 9.17) is 11.2 Å². The average molecular weight is 366 g/mol. The van der Waals surface area contributed by atoms with Crippen LogP contribution in [0.3, 0.4) is 0 Å². The molecule has 2 heterocycles. The first-order chi connectivity index (χ1) is 12.4. The molecule has 138 valence electrons. The molecule has 3 rings (SSSR count). The van der Waals surface area contributed by atoms with Crippen molar-refractivity contribution in [2.45, 2.75) is 11.8 Å². The van der Waals surface area contributed by atoms with Crippen LogP contribution in [-0.4, -0.2) is 61.2 Å². The van der Waals surface area contributed by atoms with Crippen LogP contribution < -0.4 is 4.74 Å². The Kier molecular flexibility index (Phi) is 4.87. The largest absolute Gasteiger partial charge is 0.483 e. The Morgan fingerprint density at radius 3 is 2.46 bits per heavy atom. The molecule has 0 atom stereocenters. The molecule has 0 spiro atoms. The van der Waals surface area contributed by atoms with Crippen molar-refractivity contribution < 1.29 is 22.7 Å². The van der Waals surface area contributed by atoms with Gasteiger partial charge in [-0.05, 0) is 6.07 Å². The number of benzene rings is 1. The standard InChI is InChI=1S/C17H17F3N4O2/c1-2-7-23-8-10-24(11-9-23)15(25)12-26-14-6-4-3-5-13(14)16(21-22-16)17(18,19)20/h1,3-6H,7-12H2. The number of rotatable bonds is 5. The van der Waals surface area contributed by atoms with Crippen molar-refractivity contribution >= 4 is 5.91 Å². The summed E-state index contributed by atoms with van der Waals surface area (Å²) in [7, 11) is 0. The van der Waals surface area contributed by atoms with Gasteiger partial charge >= 0.3 is 11.8 Å². The van der Waals surface area contributed by atoms with E-state index < -0.39 is 11.8 Å². The van der Waals surface area contributed by atoms with Crippen LogP contribution in [0.5, 0.6) is 5.75 Å². The quantitative estimate of drug-likeness (QED) is 0.750. The highest BCUT2D eigenvalue weighted by Crippen LogP contribution is 2.54. The summed E-state index contributed by atoms with van der Waals surface area (Å²) in [6.07, 6.45) is 0.614. The minimum Gasteiger partial charge on any atom is -0.483 e. The van der Waals surface area contributed by atoms with Gasteiger partial charge in [0.2, 0.25) is 0 Å². The minimum absolute atomic E-state index is 0.0471. The highest BCUT2D eigenvalue weighted by Gasteiger charge is 2.66. The third-order valence-electron chi connectivity index (χ3n) is 4.35.